The number of fused-ring (bicyclic) bond motifs is 3. The van der Waals surface area contributed by atoms with Crippen LogP contribution in [0, 0.1) is 5.21 Å². The molecule has 0 aliphatic carbocycles. The van der Waals surface area contributed by atoms with Gasteiger partial charge in [-0.3, -0.25) is 0 Å². The molecule has 138 valence electrons. The number of halogens is 3. The van der Waals surface area contributed by atoms with Crippen LogP contribution in [0.15, 0.2) is 47.1 Å². The average molecular weight is 423 g/mol. The van der Waals surface area contributed by atoms with Crippen molar-refractivity contribution in [1.29, 1.82) is 0 Å². The molecule has 4 nitrogen and oxygen atoms in total. The van der Waals surface area contributed by atoms with E-state index in [1.54, 1.807) is 7.11 Å². The van der Waals surface area contributed by atoms with Crippen LogP contribution in [0.1, 0.15) is 11.1 Å². The molecule has 0 atom stereocenters. The molecule has 0 aliphatic heterocycles. The van der Waals surface area contributed by atoms with Gasteiger partial charge in [-0.1, -0.05) is 53.0 Å². The first-order chi connectivity index (χ1) is 13.0. The van der Waals surface area contributed by atoms with Crippen LogP contribution in [0.2, 0.25) is 15.1 Å². The number of nitrogens with zero attached hydrogens (tertiary/aromatic N) is 1. The lowest BCUT2D eigenvalue weighted by molar-refractivity contribution is -0.605. The molecule has 27 heavy (non-hydrogen) atoms. The fourth-order valence-corrected chi connectivity index (χ4v) is 4.27. The Bertz CT molecular complexity index is 1150. The number of benzene rings is 2. The van der Waals surface area contributed by atoms with E-state index in [9.17, 15) is 5.21 Å². The topological polar surface area (TPSA) is 49.3 Å². The van der Waals surface area contributed by atoms with E-state index in [2.05, 4.69) is 0 Å². The fourth-order valence-electron chi connectivity index (χ4n) is 3.34. The maximum atomic E-state index is 11.4. The van der Waals surface area contributed by atoms with Gasteiger partial charge in [0.25, 0.3) is 0 Å². The molecule has 2 aromatic heterocycles. The molecule has 2 heterocycles. The number of ether oxygens (including phenoxy) is 1. The Morgan fingerprint density at radius 1 is 1.04 bits per heavy atom. The van der Waals surface area contributed by atoms with Gasteiger partial charge in [-0.25, -0.2) is 0 Å². The molecular weight excluding hydrogens is 409 g/mol. The van der Waals surface area contributed by atoms with E-state index >= 15 is 0 Å². The van der Waals surface area contributed by atoms with Crippen LogP contribution in [0.25, 0.3) is 21.9 Å². The van der Waals surface area contributed by atoms with Gasteiger partial charge in [-0.05, 0) is 30.5 Å². The molecule has 0 aliphatic rings. The zero-order valence-electron chi connectivity index (χ0n) is 14.3. The van der Waals surface area contributed by atoms with Crippen molar-refractivity contribution in [1.82, 2.24) is 0 Å². The third-order valence-corrected chi connectivity index (χ3v) is 5.48. The Balaban J connectivity index is 1.85. The number of furan rings is 1. The Labute approximate surface area is 170 Å². The maximum Gasteiger partial charge on any atom is 0.199 e. The van der Waals surface area contributed by atoms with Crippen molar-refractivity contribution in [2.45, 2.75) is 12.8 Å². The minimum Gasteiger partial charge on any atom is -0.619 e. The van der Waals surface area contributed by atoms with E-state index in [-0.39, 0.29) is 0 Å². The fraction of sp³-hybridized carbons (Fsp3) is 0.150. The van der Waals surface area contributed by atoms with Crippen molar-refractivity contribution in [3.63, 3.8) is 0 Å². The van der Waals surface area contributed by atoms with E-state index < -0.39 is 0 Å². The number of aromatic nitrogens is 1. The summed E-state index contributed by atoms with van der Waals surface area (Å²) in [6, 6.07) is 9.66. The highest BCUT2D eigenvalue weighted by molar-refractivity contribution is 6.35. The van der Waals surface area contributed by atoms with Gasteiger partial charge in [0.15, 0.2) is 23.7 Å². The highest BCUT2D eigenvalue weighted by atomic mass is 35.5. The van der Waals surface area contributed by atoms with Gasteiger partial charge in [-0.15, -0.1) is 0 Å². The molecule has 4 rings (SSSR count). The number of hydrogen-bond acceptors (Lipinski definition) is 3. The molecule has 2 aromatic carbocycles. The third-order valence-electron chi connectivity index (χ3n) is 4.55. The van der Waals surface area contributed by atoms with Gasteiger partial charge in [0.05, 0.1) is 12.1 Å². The van der Waals surface area contributed by atoms with Crippen LogP contribution in [0.5, 0.6) is 5.75 Å². The molecule has 0 fully saturated rings. The summed E-state index contributed by atoms with van der Waals surface area (Å²) in [6.45, 7) is 0. The van der Waals surface area contributed by atoms with Crippen molar-refractivity contribution in [2.75, 3.05) is 7.11 Å². The van der Waals surface area contributed by atoms with E-state index in [4.69, 9.17) is 44.0 Å². The third kappa shape index (κ3) is 3.18. The zero-order valence-corrected chi connectivity index (χ0v) is 16.5. The van der Waals surface area contributed by atoms with Crippen LogP contribution in [-0.2, 0) is 12.8 Å². The van der Waals surface area contributed by atoms with Crippen LogP contribution in [0.4, 0.5) is 0 Å². The second-order valence-corrected chi connectivity index (χ2v) is 7.37. The Kier molecular flexibility index (Phi) is 4.81. The molecule has 0 saturated carbocycles. The van der Waals surface area contributed by atoms with Gasteiger partial charge in [-0.2, -0.15) is 4.73 Å². The highest BCUT2D eigenvalue weighted by Crippen LogP contribution is 2.42. The van der Waals surface area contributed by atoms with Crippen molar-refractivity contribution < 1.29 is 13.9 Å². The molecule has 0 radical (unpaired) electrons. The smallest absolute Gasteiger partial charge is 0.199 e. The first kappa shape index (κ1) is 18.2. The first-order valence-corrected chi connectivity index (χ1v) is 9.36. The van der Waals surface area contributed by atoms with Gasteiger partial charge < -0.3 is 14.4 Å². The van der Waals surface area contributed by atoms with Crippen molar-refractivity contribution in [3.05, 3.63) is 74.1 Å². The molecule has 0 bridgehead atoms. The summed E-state index contributed by atoms with van der Waals surface area (Å²) in [5.74, 6) is 0.509. The van der Waals surface area contributed by atoms with Crippen molar-refractivity contribution in [2.24, 2.45) is 0 Å². The quantitative estimate of drug-likeness (QED) is 0.300. The van der Waals surface area contributed by atoms with Crippen LogP contribution >= 0.6 is 34.8 Å². The zero-order chi connectivity index (χ0) is 19.1. The second kappa shape index (κ2) is 7.12. The van der Waals surface area contributed by atoms with Gasteiger partial charge >= 0.3 is 0 Å². The Morgan fingerprint density at radius 2 is 1.74 bits per heavy atom. The molecule has 4 aromatic rings. The van der Waals surface area contributed by atoms with Crippen molar-refractivity contribution >= 4 is 56.7 Å². The van der Waals surface area contributed by atoms with Crippen LogP contribution in [-0.4, -0.2) is 7.11 Å². The summed E-state index contributed by atoms with van der Waals surface area (Å²) in [6.07, 6.45) is 3.76. The Hall–Kier alpha value is -2.14. The van der Waals surface area contributed by atoms with E-state index in [1.165, 1.54) is 12.4 Å². The predicted octanol–water partition coefficient (Wildman–Crippen LogP) is 5.97. The van der Waals surface area contributed by atoms with Crippen LogP contribution in [0.3, 0.4) is 0 Å². The summed E-state index contributed by atoms with van der Waals surface area (Å²) in [4.78, 5) is 0. The van der Waals surface area contributed by atoms with Gasteiger partial charge in [0.1, 0.15) is 15.6 Å². The number of pyridine rings is 1. The number of methoxy groups -OCH3 is 1. The number of aryl methyl sites for hydroxylation is 1. The maximum absolute atomic E-state index is 11.4. The molecule has 7 heteroatoms. The number of rotatable bonds is 4. The molecule has 0 unspecified atom stereocenters. The molecule has 0 N–H and O–H groups in total. The van der Waals surface area contributed by atoms with E-state index in [0.717, 1.165) is 27.5 Å². The predicted molar refractivity (Wildman–Crippen MR) is 108 cm³/mol. The lowest BCUT2D eigenvalue weighted by Crippen LogP contribution is -2.25. The minimum atomic E-state index is 0.338. The van der Waals surface area contributed by atoms with E-state index in [1.807, 2.05) is 30.3 Å². The Morgan fingerprint density at radius 3 is 2.44 bits per heavy atom. The molecule has 0 saturated heterocycles. The second-order valence-electron chi connectivity index (χ2n) is 6.15. The molecule has 0 spiro atoms. The summed E-state index contributed by atoms with van der Waals surface area (Å²) in [5, 5.41) is 14.5. The summed E-state index contributed by atoms with van der Waals surface area (Å²) >= 11 is 18.8. The lowest BCUT2D eigenvalue weighted by atomic mass is 9.99. The van der Waals surface area contributed by atoms with E-state index in [0.29, 0.717) is 44.0 Å². The molecule has 0 amide bonds. The SMILES string of the molecule is COc1c(Cl)cc(CCc2c(Cl)c[n+]([O-])cc2Cl)c2c1oc1ccccc12. The first-order valence-electron chi connectivity index (χ1n) is 8.23. The summed E-state index contributed by atoms with van der Waals surface area (Å²) in [5.41, 5.74) is 3.09. The average Bonchev–Trinajstić information content (AvgIpc) is 3.00. The monoisotopic (exact) mass is 421 g/mol. The standard InChI is InChI=1S/C20H14Cl3NO3/c1-26-19-14(21)8-11(6-7-12-15(22)9-24(25)10-16(12)23)18-13-4-2-3-5-17(13)27-20(18)19/h2-5,8-10H,6-7H2,1H3. The largest absolute Gasteiger partial charge is 0.619 e. The van der Waals surface area contributed by atoms with Crippen LogP contribution < -0.4 is 9.47 Å². The van der Waals surface area contributed by atoms with Gasteiger partial charge in [0.2, 0.25) is 0 Å². The van der Waals surface area contributed by atoms with Crippen molar-refractivity contribution in [3.8, 4) is 5.75 Å². The number of hydrogen-bond donors (Lipinski definition) is 0. The van der Waals surface area contributed by atoms with Gasteiger partial charge in [0, 0.05) is 16.3 Å². The summed E-state index contributed by atoms with van der Waals surface area (Å²) in [7, 11) is 1.56. The molecular formula is C20H14Cl3NO3. The minimum absolute atomic E-state index is 0.338. The lowest BCUT2D eigenvalue weighted by Gasteiger charge is -2.10. The summed E-state index contributed by atoms with van der Waals surface area (Å²) < 4.78 is 12.1. The highest BCUT2D eigenvalue weighted by Gasteiger charge is 2.20. The number of para-hydroxylation sites is 1. The normalized spacial score (nSPS) is 11.4.